The Morgan fingerprint density at radius 1 is 0.912 bits per heavy atom. The van der Waals surface area contributed by atoms with E-state index in [1.165, 1.54) is 0 Å². The van der Waals surface area contributed by atoms with Gasteiger partial charge in [0.15, 0.2) is 5.16 Å². The normalized spacial score (nSPS) is 11.2. The largest absolute Gasteiger partial charge is 0.333 e. The van der Waals surface area contributed by atoms with Crippen LogP contribution in [0.2, 0.25) is 0 Å². The maximum Gasteiger partial charge on any atom is 0.258 e. The fourth-order valence-corrected chi connectivity index (χ4v) is 4.78. The molecule has 170 valence electrons. The zero-order valence-corrected chi connectivity index (χ0v) is 19.4. The van der Waals surface area contributed by atoms with Crippen molar-refractivity contribution in [2.24, 2.45) is 0 Å². The number of aromatic nitrogens is 4. The van der Waals surface area contributed by atoms with Gasteiger partial charge in [-0.05, 0) is 42.8 Å². The van der Waals surface area contributed by atoms with Crippen molar-refractivity contribution in [2.75, 3.05) is 6.54 Å². The summed E-state index contributed by atoms with van der Waals surface area (Å²) in [5, 5.41) is 1.35. The molecule has 34 heavy (non-hydrogen) atoms. The first-order valence-electron chi connectivity index (χ1n) is 11.0. The number of carbonyl (C=O) groups excluding carboxylic acids is 1. The second kappa shape index (κ2) is 9.52. The Morgan fingerprint density at radius 2 is 1.65 bits per heavy atom. The Hall–Kier alpha value is -3.91. The topological polar surface area (TPSA) is 94.7 Å². The summed E-state index contributed by atoms with van der Waals surface area (Å²) in [4.78, 5) is 42.9. The summed E-state index contributed by atoms with van der Waals surface area (Å²) in [5.74, 6) is 0.969. The van der Waals surface area contributed by atoms with Crippen LogP contribution >= 0.6 is 11.8 Å². The van der Waals surface area contributed by atoms with Gasteiger partial charge in [-0.1, -0.05) is 54.2 Å². The number of hydrogen-bond donors (Lipinski definition) is 2. The van der Waals surface area contributed by atoms with Crippen molar-refractivity contribution >= 4 is 39.6 Å². The van der Waals surface area contributed by atoms with Crippen LogP contribution in [0, 0.1) is 0 Å². The Kier molecular flexibility index (Phi) is 6.14. The maximum atomic E-state index is 13.5. The van der Waals surface area contributed by atoms with Crippen molar-refractivity contribution in [3.63, 3.8) is 0 Å². The molecule has 2 heterocycles. The number of carbonyl (C=O) groups is 1. The lowest BCUT2D eigenvalue weighted by Crippen LogP contribution is -2.32. The third-order valence-corrected chi connectivity index (χ3v) is 6.57. The van der Waals surface area contributed by atoms with Gasteiger partial charge in [0.2, 0.25) is 0 Å². The summed E-state index contributed by atoms with van der Waals surface area (Å²) in [6, 6.07) is 22.7. The Morgan fingerprint density at radius 3 is 2.47 bits per heavy atom. The highest BCUT2D eigenvalue weighted by Crippen LogP contribution is 2.25. The first-order chi connectivity index (χ1) is 16.6. The first-order valence-corrected chi connectivity index (χ1v) is 12.0. The third-order valence-electron chi connectivity index (χ3n) is 5.65. The van der Waals surface area contributed by atoms with Gasteiger partial charge in [-0.2, -0.15) is 0 Å². The van der Waals surface area contributed by atoms with Crippen LogP contribution in [0.3, 0.4) is 0 Å². The molecule has 0 aliphatic carbocycles. The third kappa shape index (κ3) is 4.45. The lowest BCUT2D eigenvalue weighted by Gasteiger charge is -2.22. The molecule has 8 heteroatoms. The van der Waals surface area contributed by atoms with Gasteiger partial charge < -0.3 is 14.9 Å². The number of fused-ring (bicyclic) bond motifs is 2. The SMILES string of the molecule is CCN(Cc1nc2ccccc2c(=O)[nH]1)C(=O)c1ccccc1CSc1nc2ccccc2[nH]1. The fourth-order valence-electron chi connectivity index (χ4n) is 3.89. The molecule has 2 N–H and O–H groups in total. The van der Waals surface area contributed by atoms with Gasteiger partial charge in [-0.15, -0.1) is 0 Å². The predicted octanol–water partition coefficient (Wildman–Crippen LogP) is 4.75. The number of H-pyrrole nitrogens is 2. The molecule has 0 atom stereocenters. The van der Waals surface area contributed by atoms with E-state index in [1.54, 1.807) is 34.9 Å². The average molecular weight is 470 g/mol. The van der Waals surface area contributed by atoms with E-state index in [9.17, 15) is 9.59 Å². The van der Waals surface area contributed by atoms with E-state index >= 15 is 0 Å². The predicted molar refractivity (Wildman–Crippen MR) is 135 cm³/mol. The summed E-state index contributed by atoms with van der Waals surface area (Å²) in [6.45, 7) is 2.63. The molecule has 0 aliphatic heterocycles. The number of nitrogens with one attached hydrogen (secondary N) is 2. The minimum Gasteiger partial charge on any atom is -0.333 e. The highest BCUT2D eigenvalue weighted by Gasteiger charge is 2.19. The van der Waals surface area contributed by atoms with Gasteiger partial charge >= 0.3 is 0 Å². The van der Waals surface area contributed by atoms with Crippen molar-refractivity contribution in [2.45, 2.75) is 24.4 Å². The van der Waals surface area contributed by atoms with E-state index in [0.29, 0.717) is 34.6 Å². The van der Waals surface area contributed by atoms with E-state index in [-0.39, 0.29) is 18.0 Å². The molecule has 5 aromatic rings. The van der Waals surface area contributed by atoms with Crippen molar-refractivity contribution in [3.8, 4) is 0 Å². The van der Waals surface area contributed by atoms with Crippen LogP contribution in [0.15, 0.2) is 82.7 Å². The standard InChI is InChI=1S/C26H23N5O2S/c1-2-31(15-23-27-20-12-6-5-11-19(20)24(32)30-23)25(33)18-10-4-3-9-17(18)16-34-26-28-21-13-7-8-14-22(21)29-26/h3-14H,2,15-16H2,1H3,(H,28,29)(H,27,30,32). The lowest BCUT2D eigenvalue weighted by atomic mass is 10.1. The highest BCUT2D eigenvalue weighted by molar-refractivity contribution is 7.98. The number of hydrogen-bond acceptors (Lipinski definition) is 5. The highest BCUT2D eigenvalue weighted by atomic mass is 32.2. The van der Waals surface area contributed by atoms with Crippen molar-refractivity contribution in [3.05, 3.63) is 100 Å². The van der Waals surface area contributed by atoms with E-state index in [1.807, 2.05) is 61.5 Å². The van der Waals surface area contributed by atoms with Crippen LogP contribution in [0.1, 0.15) is 28.7 Å². The van der Waals surface area contributed by atoms with Crippen LogP contribution < -0.4 is 5.56 Å². The Bertz CT molecular complexity index is 1510. The van der Waals surface area contributed by atoms with Gasteiger partial charge in [0.25, 0.3) is 11.5 Å². The summed E-state index contributed by atoms with van der Waals surface area (Å²) >= 11 is 1.56. The second-order valence-corrected chi connectivity index (χ2v) is 8.82. The van der Waals surface area contributed by atoms with Crippen LogP contribution in [-0.2, 0) is 12.3 Å². The van der Waals surface area contributed by atoms with Gasteiger partial charge in [-0.25, -0.2) is 9.97 Å². The van der Waals surface area contributed by atoms with Gasteiger partial charge in [0.1, 0.15) is 5.82 Å². The smallest absolute Gasteiger partial charge is 0.258 e. The van der Waals surface area contributed by atoms with Crippen LogP contribution in [-0.4, -0.2) is 37.3 Å². The molecule has 0 bridgehead atoms. The molecule has 0 unspecified atom stereocenters. The number of amides is 1. The molecule has 0 aliphatic rings. The molecule has 0 fully saturated rings. The molecule has 1 amide bonds. The van der Waals surface area contributed by atoms with Gasteiger partial charge in [-0.3, -0.25) is 9.59 Å². The number of nitrogens with zero attached hydrogens (tertiary/aromatic N) is 3. The molecule has 0 saturated carbocycles. The molecule has 0 spiro atoms. The Balaban J connectivity index is 1.36. The van der Waals surface area contributed by atoms with E-state index in [0.717, 1.165) is 21.8 Å². The van der Waals surface area contributed by atoms with E-state index in [4.69, 9.17) is 0 Å². The van der Waals surface area contributed by atoms with Gasteiger partial charge in [0.05, 0.1) is 28.5 Å². The zero-order chi connectivity index (χ0) is 23.5. The number of imidazole rings is 1. The molecule has 7 nitrogen and oxygen atoms in total. The minimum atomic E-state index is -0.202. The number of aromatic amines is 2. The second-order valence-electron chi connectivity index (χ2n) is 7.85. The van der Waals surface area contributed by atoms with Crippen LogP contribution in [0.4, 0.5) is 0 Å². The Labute approximate surface area is 200 Å². The molecule has 2 aromatic heterocycles. The number of benzene rings is 3. The molecule has 0 saturated heterocycles. The zero-order valence-electron chi connectivity index (χ0n) is 18.6. The van der Waals surface area contributed by atoms with Crippen LogP contribution in [0.25, 0.3) is 21.9 Å². The molecular weight excluding hydrogens is 446 g/mol. The summed E-state index contributed by atoms with van der Waals surface area (Å²) in [7, 11) is 0. The summed E-state index contributed by atoms with van der Waals surface area (Å²) in [6.07, 6.45) is 0. The quantitative estimate of drug-likeness (QED) is 0.335. The maximum absolute atomic E-state index is 13.5. The average Bonchev–Trinajstić information content (AvgIpc) is 3.29. The van der Waals surface area contributed by atoms with E-state index < -0.39 is 0 Å². The molecule has 5 rings (SSSR count). The van der Waals surface area contributed by atoms with Gasteiger partial charge in [0, 0.05) is 17.9 Å². The monoisotopic (exact) mass is 469 g/mol. The number of para-hydroxylation sites is 3. The van der Waals surface area contributed by atoms with Crippen molar-refractivity contribution < 1.29 is 4.79 Å². The number of rotatable bonds is 7. The summed E-state index contributed by atoms with van der Waals surface area (Å²) in [5.41, 5.74) is 3.89. The minimum absolute atomic E-state index is 0.0980. The lowest BCUT2D eigenvalue weighted by molar-refractivity contribution is 0.0747. The van der Waals surface area contributed by atoms with Crippen molar-refractivity contribution in [1.82, 2.24) is 24.8 Å². The van der Waals surface area contributed by atoms with Crippen LogP contribution in [0.5, 0.6) is 0 Å². The molecule has 0 radical (unpaired) electrons. The first kappa shape index (κ1) is 21.9. The fraction of sp³-hybridized carbons (Fsp3) is 0.154. The molecular formula is C26H23N5O2S. The molecule has 3 aromatic carbocycles. The number of thioether (sulfide) groups is 1. The van der Waals surface area contributed by atoms with Crippen molar-refractivity contribution in [1.29, 1.82) is 0 Å². The van der Waals surface area contributed by atoms with E-state index in [2.05, 4.69) is 19.9 Å². The summed E-state index contributed by atoms with van der Waals surface area (Å²) < 4.78 is 0.